The molecule has 0 bridgehead atoms. The number of benzene rings is 1. The fourth-order valence-electron chi connectivity index (χ4n) is 2.21. The van der Waals surface area contributed by atoms with Crippen molar-refractivity contribution in [3.63, 3.8) is 0 Å². The number of ketones is 2. The van der Waals surface area contributed by atoms with Gasteiger partial charge in [0.25, 0.3) is 0 Å². The number of Topliss-reactive ketones (excluding diaryl/α,β-unsaturated/α-hetero) is 2. The smallest absolute Gasteiger partial charge is 0.232 e. The monoisotopic (exact) mass is 298 g/mol. The minimum absolute atomic E-state index is 0.0112. The first-order valence-electron chi connectivity index (χ1n) is 6.80. The Labute approximate surface area is 127 Å². The van der Waals surface area contributed by atoms with Gasteiger partial charge >= 0.3 is 0 Å². The van der Waals surface area contributed by atoms with E-state index in [-0.39, 0.29) is 23.9 Å². The summed E-state index contributed by atoms with van der Waals surface area (Å²) in [6, 6.07) is 6.79. The maximum Gasteiger partial charge on any atom is 0.232 e. The van der Waals surface area contributed by atoms with Crippen LogP contribution in [-0.2, 0) is 4.79 Å². The zero-order valence-electron chi connectivity index (χ0n) is 12.2. The van der Waals surface area contributed by atoms with E-state index in [2.05, 4.69) is 0 Å². The highest BCUT2D eigenvalue weighted by Gasteiger charge is 2.30. The summed E-state index contributed by atoms with van der Waals surface area (Å²) in [5, 5.41) is 0. The number of ether oxygens (including phenoxy) is 2. The van der Waals surface area contributed by atoms with E-state index in [0.717, 1.165) is 0 Å². The van der Waals surface area contributed by atoms with Crippen LogP contribution in [0.2, 0.25) is 0 Å². The fourth-order valence-corrected chi connectivity index (χ4v) is 2.21. The molecule has 5 nitrogen and oxygen atoms in total. The summed E-state index contributed by atoms with van der Waals surface area (Å²) in [5.41, 5.74) is 1.17. The first-order chi connectivity index (χ1) is 10.6. The third kappa shape index (κ3) is 2.53. The van der Waals surface area contributed by atoms with Gasteiger partial charge < -0.3 is 13.9 Å². The van der Waals surface area contributed by atoms with Crippen LogP contribution in [0.25, 0.3) is 6.08 Å². The molecule has 1 aliphatic heterocycles. The number of fused-ring (bicyclic) bond motifs is 1. The lowest BCUT2D eigenvalue weighted by molar-refractivity contribution is -0.118. The summed E-state index contributed by atoms with van der Waals surface area (Å²) < 4.78 is 16.3. The van der Waals surface area contributed by atoms with Crippen LogP contribution in [0, 0.1) is 6.92 Å². The van der Waals surface area contributed by atoms with Crippen LogP contribution in [0.3, 0.4) is 0 Å². The van der Waals surface area contributed by atoms with Gasteiger partial charge in [-0.05, 0) is 38.1 Å². The van der Waals surface area contributed by atoms with Crippen molar-refractivity contribution in [2.75, 3.05) is 6.61 Å². The van der Waals surface area contributed by atoms with E-state index in [0.29, 0.717) is 28.4 Å². The predicted octanol–water partition coefficient (Wildman–Crippen LogP) is 3.17. The molecule has 0 saturated heterocycles. The van der Waals surface area contributed by atoms with Crippen molar-refractivity contribution in [3.05, 3.63) is 53.2 Å². The summed E-state index contributed by atoms with van der Waals surface area (Å²) in [4.78, 5) is 23.3. The van der Waals surface area contributed by atoms with E-state index < -0.39 is 0 Å². The Hall–Kier alpha value is -2.82. The lowest BCUT2D eigenvalue weighted by Gasteiger charge is -2.10. The SMILES string of the molecule is CC(=O)COc1ccc2c(c1C)O/C(=C/c1ccco1)C2=O. The van der Waals surface area contributed by atoms with Gasteiger partial charge in [0.05, 0.1) is 11.8 Å². The molecule has 2 heterocycles. The normalized spacial score (nSPS) is 14.8. The van der Waals surface area contributed by atoms with Crippen LogP contribution in [0.15, 0.2) is 40.7 Å². The summed E-state index contributed by atoms with van der Waals surface area (Å²) in [6.07, 6.45) is 3.08. The van der Waals surface area contributed by atoms with Gasteiger partial charge in [-0.15, -0.1) is 0 Å². The van der Waals surface area contributed by atoms with Gasteiger partial charge in [0.1, 0.15) is 23.9 Å². The Bertz CT molecular complexity index is 769. The average molecular weight is 298 g/mol. The minimum Gasteiger partial charge on any atom is -0.485 e. The molecule has 2 aromatic rings. The second-order valence-corrected chi connectivity index (χ2v) is 5.01. The second-order valence-electron chi connectivity index (χ2n) is 5.01. The van der Waals surface area contributed by atoms with Crippen LogP contribution in [-0.4, -0.2) is 18.2 Å². The molecule has 112 valence electrons. The molecule has 22 heavy (non-hydrogen) atoms. The molecule has 5 heteroatoms. The standard InChI is InChI=1S/C17H14O5/c1-10(18)9-21-14-6-5-13-16(19)15(22-17(13)11(14)2)8-12-4-3-7-20-12/h3-8H,9H2,1-2H3/b15-8+. The maximum atomic E-state index is 12.3. The van der Waals surface area contributed by atoms with Gasteiger partial charge in [0.15, 0.2) is 11.5 Å². The molecule has 0 atom stereocenters. The summed E-state index contributed by atoms with van der Waals surface area (Å²) in [7, 11) is 0. The zero-order valence-corrected chi connectivity index (χ0v) is 12.2. The molecule has 1 aromatic heterocycles. The number of hydrogen-bond donors (Lipinski definition) is 0. The van der Waals surface area contributed by atoms with Gasteiger partial charge in [-0.3, -0.25) is 9.59 Å². The Balaban J connectivity index is 1.92. The largest absolute Gasteiger partial charge is 0.485 e. The van der Waals surface area contributed by atoms with Crippen LogP contribution in [0.5, 0.6) is 11.5 Å². The summed E-state index contributed by atoms with van der Waals surface area (Å²) in [5.74, 6) is 1.46. The van der Waals surface area contributed by atoms with Crippen LogP contribution < -0.4 is 9.47 Å². The third-order valence-electron chi connectivity index (χ3n) is 3.28. The van der Waals surface area contributed by atoms with E-state index in [1.165, 1.54) is 13.2 Å². The quantitative estimate of drug-likeness (QED) is 0.811. The number of allylic oxidation sites excluding steroid dienone is 1. The highest BCUT2D eigenvalue weighted by molar-refractivity contribution is 6.14. The molecule has 0 spiro atoms. The van der Waals surface area contributed by atoms with Crippen molar-refractivity contribution >= 4 is 17.6 Å². The minimum atomic E-state index is -0.201. The topological polar surface area (TPSA) is 65.7 Å². The molecular weight excluding hydrogens is 284 g/mol. The van der Waals surface area contributed by atoms with Crippen molar-refractivity contribution in [2.24, 2.45) is 0 Å². The van der Waals surface area contributed by atoms with Gasteiger partial charge in [-0.25, -0.2) is 0 Å². The zero-order chi connectivity index (χ0) is 15.7. The lowest BCUT2D eigenvalue weighted by Crippen LogP contribution is -2.07. The Kier molecular flexibility index (Phi) is 3.55. The average Bonchev–Trinajstić information content (AvgIpc) is 3.09. The van der Waals surface area contributed by atoms with Gasteiger partial charge in [0, 0.05) is 11.6 Å². The van der Waals surface area contributed by atoms with E-state index in [1.54, 1.807) is 37.3 Å². The Morgan fingerprint density at radius 1 is 1.32 bits per heavy atom. The van der Waals surface area contributed by atoms with E-state index >= 15 is 0 Å². The molecule has 0 N–H and O–H groups in total. The molecule has 1 aliphatic rings. The number of furan rings is 1. The predicted molar refractivity (Wildman–Crippen MR) is 79.0 cm³/mol. The third-order valence-corrected chi connectivity index (χ3v) is 3.28. The maximum absolute atomic E-state index is 12.3. The molecule has 0 aliphatic carbocycles. The first kappa shape index (κ1) is 14.1. The first-order valence-corrected chi connectivity index (χ1v) is 6.80. The van der Waals surface area contributed by atoms with Crippen molar-refractivity contribution < 1.29 is 23.5 Å². The molecule has 1 aromatic carbocycles. The van der Waals surface area contributed by atoms with Crippen molar-refractivity contribution in [1.29, 1.82) is 0 Å². The number of hydrogen-bond acceptors (Lipinski definition) is 5. The summed E-state index contributed by atoms with van der Waals surface area (Å²) >= 11 is 0. The van der Waals surface area contributed by atoms with Crippen molar-refractivity contribution in [2.45, 2.75) is 13.8 Å². The van der Waals surface area contributed by atoms with Crippen LogP contribution in [0.1, 0.15) is 28.6 Å². The summed E-state index contributed by atoms with van der Waals surface area (Å²) in [6.45, 7) is 3.23. The molecule has 3 rings (SSSR count). The van der Waals surface area contributed by atoms with Gasteiger partial charge in [-0.2, -0.15) is 0 Å². The van der Waals surface area contributed by atoms with Crippen molar-refractivity contribution in [3.8, 4) is 11.5 Å². The molecule has 0 saturated carbocycles. The van der Waals surface area contributed by atoms with E-state index in [9.17, 15) is 9.59 Å². The number of rotatable bonds is 4. The van der Waals surface area contributed by atoms with Gasteiger partial charge in [0.2, 0.25) is 5.78 Å². The lowest BCUT2D eigenvalue weighted by atomic mass is 10.1. The van der Waals surface area contributed by atoms with Gasteiger partial charge in [-0.1, -0.05) is 0 Å². The van der Waals surface area contributed by atoms with Crippen molar-refractivity contribution in [1.82, 2.24) is 0 Å². The molecule has 0 radical (unpaired) electrons. The second kappa shape index (κ2) is 5.52. The van der Waals surface area contributed by atoms with Crippen LogP contribution in [0.4, 0.5) is 0 Å². The highest BCUT2D eigenvalue weighted by Crippen LogP contribution is 2.39. The molecule has 0 amide bonds. The molecular formula is C17H14O5. The fraction of sp³-hybridized carbons (Fsp3) is 0.176. The van der Waals surface area contributed by atoms with E-state index in [1.807, 2.05) is 0 Å². The molecule has 0 unspecified atom stereocenters. The highest BCUT2D eigenvalue weighted by atomic mass is 16.5. The number of carbonyl (C=O) groups is 2. The van der Waals surface area contributed by atoms with Crippen LogP contribution >= 0.6 is 0 Å². The van der Waals surface area contributed by atoms with E-state index in [4.69, 9.17) is 13.9 Å². The Morgan fingerprint density at radius 3 is 2.82 bits per heavy atom. The number of carbonyl (C=O) groups excluding carboxylic acids is 2. The molecule has 0 fully saturated rings. The Morgan fingerprint density at radius 2 is 2.14 bits per heavy atom.